The Morgan fingerprint density at radius 1 is 1.03 bits per heavy atom. The molecule has 0 bridgehead atoms. The minimum atomic E-state index is -0.772. The molecule has 1 atom stereocenters. The van der Waals surface area contributed by atoms with E-state index >= 15 is 0 Å². The lowest BCUT2D eigenvalue weighted by atomic mass is 9.92. The highest BCUT2D eigenvalue weighted by Gasteiger charge is 2.29. The van der Waals surface area contributed by atoms with Crippen LogP contribution >= 0.6 is 0 Å². The van der Waals surface area contributed by atoms with Crippen molar-refractivity contribution in [2.45, 2.75) is 51.0 Å². The van der Waals surface area contributed by atoms with Gasteiger partial charge in [0, 0.05) is 37.9 Å². The Morgan fingerprint density at radius 3 is 2.21 bits per heavy atom. The molecule has 4 rings (SSSR count). The number of piperidine rings is 1. The van der Waals surface area contributed by atoms with E-state index in [0.717, 1.165) is 24.0 Å². The van der Waals surface area contributed by atoms with Crippen molar-refractivity contribution in [3.63, 3.8) is 0 Å². The number of likely N-dealkylation sites (tertiary alicyclic amines) is 1. The quantitative estimate of drug-likeness (QED) is 0.603. The SMILES string of the molecule is C[C@H](CC(=O)N1CCC(CCC(=O)O)CC1)NC(=O)OCC1c2ccccc2-c2ccccc21. The van der Waals surface area contributed by atoms with Crippen LogP contribution in [0.4, 0.5) is 4.79 Å². The molecule has 0 saturated carbocycles. The number of hydrogen-bond acceptors (Lipinski definition) is 4. The summed E-state index contributed by atoms with van der Waals surface area (Å²) < 4.78 is 5.57. The Bertz CT molecular complexity index is 999. The lowest BCUT2D eigenvalue weighted by molar-refractivity contribution is -0.138. The van der Waals surface area contributed by atoms with E-state index in [-0.39, 0.29) is 37.3 Å². The molecule has 1 saturated heterocycles. The molecule has 34 heavy (non-hydrogen) atoms. The molecule has 0 spiro atoms. The first-order chi connectivity index (χ1) is 16.4. The lowest BCUT2D eigenvalue weighted by Crippen LogP contribution is -2.42. The number of amides is 2. The van der Waals surface area contributed by atoms with Gasteiger partial charge in [-0.05, 0) is 54.4 Å². The fourth-order valence-corrected chi connectivity index (χ4v) is 5.08. The summed E-state index contributed by atoms with van der Waals surface area (Å²) in [5, 5.41) is 11.6. The summed E-state index contributed by atoms with van der Waals surface area (Å²) in [7, 11) is 0. The second kappa shape index (κ2) is 10.7. The zero-order valence-electron chi connectivity index (χ0n) is 19.5. The van der Waals surface area contributed by atoms with E-state index in [1.54, 1.807) is 6.92 Å². The van der Waals surface area contributed by atoms with Gasteiger partial charge in [0.05, 0.1) is 0 Å². The maximum absolute atomic E-state index is 12.6. The maximum Gasteiger partial charge on any atom is 0.407 e. The van der Waals surface area contributed by atoms with Crippen LogP contribution in [0.5, 0.6) is 0 Å². The molecule has 2 aromatic rings. The number of fused-ring (bicyclic) bond motifs is 3. The highest BCUT2D eigenvalue weighted by atomic mass is 16.5. The van der Waals surface area contributed by atoms with Crippen molar-refractivity contribution in [1.29, 1.82) is 0 Å². The second-order valence-corrected chi connectivity index (χ2v) is 9.33. The van der Waals surface area contributed by atoms with Gasteiger partial charge < -0.3 is 20.1 Å². The molecule has 2 aliphatic rings. The number of benzene rings is 2. The number of rotatable bonds is 8. The van der Waals surface area contributed by atoms with Gasteiger partial charge in [-0.25, -0.2) is 4.79 Å². The van der Waals surface area contributed by atoms with E-state index < -0.39 is 12.1 Å². The molecule has 180 valence electrons. The van der Waals surface area contributed by atoms with Crippen LogP contribution in [0.15, 0.2) is 48.5 Å². The Morgan fingerprint density at radius 2 is 1.62 bits per heavy atom. The van der Waals surface area contributed by atoms with Crippen molar-refractivity contribution in [1.82, 2.24) is 10.2 Å². The van der Waals surface area contributed by atoms with Gasteiger partial charge in [-0.3, -0.25) is 9.59 Å². The Kier molecular flexibility index (Phi) is 7.50. The molecule has 1 heterocycles. The van der Waals surface area contributed by atoms with Crippen LogP contribution in [0.1, 0.15) is 56.1 Å². The average Bonchev–Trinajstić information content (AvgIpc) is 3.15. The first-order valence-electron chi connectivity index (χ1n) is 12.0. The summed E-state index contributed by atoms with van der Waals surface area (Å²) in [6.07, 6.45) is 2.19. The monoisotopic (exact) mass is 464 g/mol. The summed E-state index contributed by atoms with van der Waals surface area (Å²) in [5.41, 5.74) is 4.67. The average molecular weight is 465 g/mol. The Balaban J connectivity index is 1.23. The third-order valence-corrected chi connectivity index (χ3v) is 6.92. The molecule has 1 fully saturated rings. The smallest absolute Gasteiger partial charge is 0.407 e. The van der Waals surface area contributed by atoms with Gasteiger partial charge in [-0.1, -0.05) is 48.5 Å². The second-order valence-electron chi connectivity index (χ2n) is 9.33. The van der Waals surface area contributed by atoms with Crippen LogP contribution in [0, 0.1) is 5.92 Å². The van der Waals surface area contributed by atoms with Crippen LogP contribution in [0.25, 0.3) is 11.1 Å². The Labute approximate surface area is 200 Å². The number of nitrogens with zero attached hydrogens (tertiary/aromatic N) is 1. The van der Waals surface area contributed by atoms with Gasteiger partial charge in [0.1, 0.15) is 6.61 Å². The molecule has 1 aliphatic carbocycles. The number of hydrogen-bond donors (Lipinski definition) is 2. The van der Waals surface area contributed by atoms with Gasteiger partial charge in [0.25, 0.3) is 0 Å². The van der Waals surface area contributed by atoms with Crippen molar-refractivity contribution in [3.8, 4) is 11.1 Å². The van der Waals surface area contributed by atoms with Gasteiger partial charge in [-0.15, -0.1) is 0 Å². The van der Waals surface area contributed by atoms with Gasteiger partial charge >= 0.3 is 12.1 Å². The molecule has 2 aromatic carbocycles. The Hall–Kier alpha value is -3.35. The first-order valence-corrected chi connectivity index (χ1v) is 12.0. The zero-order valence-corrected chi connectivity index (χ0v) is 19.5. The number of carboxylic acids is 1. The first kappa shape index (κ1) is 23.8. The van der Waals surface area contributed by atoms with Crippen LogP contribution in [-0.4, -0.2) is 53.7 Å². The predicted octanol–water partition coefficient (Wildman–Crippen LogP) is 4.41. The highest BCUT2D eigenvalue weighted by Crippen LogP contribution is 2.44. The van der Waals surface area contributed by atoms with Crippen LogP contribution < -0.4 is 5.32 Å². The minimum absolute atomic E-state index is 0.00230. The summed E-state index contributed by atoms with van der Waals surface area (Å²) in [6, 6.07) is 16.0. The number of nitrogens with one attached hydrogen (secondary N) is 1. The molecule has 0 radical (unpaired) electrons. The summed E-state index contributed by atoms with van der Waals surface area (Å²) in [4.78, 5) is 37.7. The fraction of sp³-hybridized carbons (Fsp3) is 0.444. The largest absolute Gasteiger partial charge is 0.481 e. The summed E-state index contributed by atoms with van der Waals surface area (Å²) >= 11 is 0. The number of carboxylic acid groups (broad SMARTS) is 1. The van der Waals surface area contributed by atoms with Crippen LogP contribution in [0.2, 0.25) is 0 Å². The van der Waals surface area contributed by atoms with Gasteiger partial charge in [-0.2, -0.15) is 0 Å². The zero-order chi connectivity index (χ0) is 24.1. The molecule has 7 nitrogen and oxygen atoms in total. The topological polar surface area (TPSA) is 95.9 Å². The minimum Gasteiger partial charge on any atom is -0.481 e. The van der Waals surface area contributed by atoms with E-state index in [9.17, 15) is 14.4 Å². The predicted molar refractivity (Wildman–Crippen MR) is 128 cm³/mol. The standard InChI is InChI=1S/C27H32N2O5/c1-18(16-25(30)29-14-12-19(13-15-29)10-11-26(31)32)28-27(33)34-17-24-22-8-4-2-6-20(22)21-7-3-5-9-23(21)24/h2-9,18-19,24H,10-17H2,1H3,(H,28,33)(H,31,32)/t18-/m1/s1. The van der Waals surface area contributed by atoms with Gasteiger partial charge in [0.15, 0.2) is 0 Å². The molecular weight excluding hydrogens is 432 g/mol. The highest BCUT2D eigenvalue weighted by molar-refractivity contribution is 5.79. The third kappa shape index (κ3) is 5.58. The van der Waals surface area contributed by atoms with E-state index in [4.69, 9.17) is 9.84 Å². The molecule has 2 N–H and O–H groups in total. The van der Waals surface area contributed by atoms with Gasteiger partial charge in [0.2, 0.25) is 5.91 Å². The molecular formula is C27H32N2O5. The number of ether oxygens (including phenoxy) is 1. The molecule has 2 amide bonds. The van der Waals surface area contributed by atoms with Crippen molar-refractivity contribution >= 4 is 18.0 Å². The van der Waals surface area contributed by atoms with E-state index in [1.165, 1.54) is 11.1 Å². The summed E-state index contributed by atoms with van der Waals surface area (Å²) in [6.45, 7) is 3.32. The van der Waals surface area contributed by atoms with Crippen molar-refractivity contribution in [3.05, 3.63) is 59.7 Å². The normalized spacial score (nSPS) is 16.4. The number of carbonyl (C=O) groups excluding carboxylic acids is 2. The van der Waals surface area contributed by atoms with Crippen LogP contribution in [0.3, 0.4) is 0 Å². The molecule has 1 aliphatic heterocycles. The van der Waals surface area contributed by atoms with Crippen LogP contribution in [-0.2, 0) is 14.3 Å². The number of alkyl carbamates (subject to hydrolysis) is 1. The maximum atomic E-state index is 12.6. The van der Waals surface area contributed by atoms with Crippen molar-refractivity contribution in [2.24, 2.45) is 5.92 Å². The molecule has 7 heteroatoms. The third-order valence-electron chi connectivity index (χ3n) is 6.92. The van der Waals surface area contributed by atoms with E-state index in [2.05, 4.69) is 29.6 Å². The van der Waals surface area contributed by atoms with Crippen molar-refractivity contribution in [2.75, 3.05) is 19.7 Å². The van der Waals surface area contributed by atoms with E-state index in [1.807, 2.05) is 29.2 Å². The lowest BCUT2D eigenvalue weighted by Gasteiger charge is -2.32. The fourth-order valence-electron chi connectivity index (χ4n) is 5.08. The molecule has 0 aromatic heterocycles. The molecule has 0 unspecified atom stereocenters. The van der Waals surface area contributed by atoms with E-state index in [0.29, 0.717) is 25.4 Å². The van der Waals surface area contributed by atoms with Crippen molar-refractivity contribution < 1.29 is 24.2 Å². The summed E-state index contributed by atoms with van der Waals surface area (Å²) in [5.74, 6) is -0.413. The number of aliphatic carboxylic acids is 1. The number of carbonyl (C=O) groups is 3.